The molecule has 1 saturated heterocycles. The maximum absolute atomic E-state index is 13.1. The molecule has 3 heterocycles. The van der Waals surface area contributed by atoms with Gasteiger partial charge in [-0.05, 0) is 46.8 Å². The second-order valence-corrected chi connectivity index (χ2v) is 6.91. The van der Waals surface area contributed by atoms with Crippen LogP contribution in [0.3, 0.4) is 0 Å². The lowest BCUT2D eigenvalue weighted by atomic mass is 10.0. The summed E-state index contributed by atoms with van der Waals surface area (Å²) in [5.41, 5.74) is 4.40. The first-order valence-corrected chi connectivity index (χ1v) is 9.15. The molecule has 1 aromatic rings. The molecule has 0 amide bonds. The highest BCUT2D eigenvalue weighted by Crippen LogP contribution is 2.34. The number of hydrazine groups is 1. The predicted molar refractivity (Wildman–Crippen MR) is 97.9 cm³/mol. The van der Waals surface area contributed by atoms with Crippen LogP contribution in [-0.2, 0) is 6.18 Å². The van der Waals surface area contributed by atoms with E-state index in [1.807, 2.05) is 6.92 Å². The lowest BCUT2D eigenvalue weighted by Gasteiger charge is -2.36. The van der Waals surface area contributed by atoms with Crippen molar-refractivity contribution in [1.29, 1.82) is 0 Å². The zero-order valence-corrected chi connectivity index (χ0v) is 15.8. The lowest BCUT2D eigenvalue weighted by molar-refractivity contribution is -0.137. The monoisotopic (exact) mass is 385 g/mol. The Hall–Kier alpha value is -2.07. The molecule has 10 heteroatoms. The standard InChI is InChI=1S/C17H26F3N7/c1-4-21-15-13(17(18,19)20)9-22-16(25-15)24-14-10-23-27(11(14)2)12-5-7-26(3)8-6-12/h9,12,23H,4-8,10H2,1-3H3,(H2,21,22,24,25). The van der Waals surface area contributed by atoms with E-state index in [0.717, 1.165) is 43.5 Å². The number of nitrogens with one attached hydrogen (secondary N) is 3. The van der Waals surface area contributed by atoms with E-state index in [9.17, 15) is 13.2 Å². The van der Waals surface area contributed by atoms with Crippen LogP contribution in [0.4, 0.5) is 24.9 Å². The van der Waals surface area contributed by atoms with Crippen molar-refractivity contribution in [3.63, 3.8) is 0 Å². The van der Waals surface area contributed by atoms with Crippen LogP contribution in [0.5, 0.6) is 0 Å². The molecule has 0 atom stereocenters. The third kappa shape index (κ3) is 4.44. The summed E-state index contributed by atoms with van der Waals surface area (Å²) in [6.45, 7) is 6.73. The Balaban J connectivity index is 1.75. The highest BCUT2D eigenvalue weighted by atomic mass is 19.4. The summed E-state index contributed by atoms with van der Waals surface area (Å²) in [5.74, 6) is -0.0563. The zero-order chi connectivity index (χ0) is 19.6. The minimum atomic E-state index is -4.49. The molecule has 27 heavy (non-hydrogen) atoms. The fourth-order valence-electron chi connectivity index (χ4n) is 3.43. The van der Waals surface area contributed by atoms with E-state index < -0.39 is 11.7 Å². The Morgan fingerprint density at radius 2 is 2.00 bits per heavy atom. The molecule has 1 aromatic heterocycles. The number of anilines is 2. The molecule has 150 valence electrons. The van der Waals surface area contributed by atoms with Crippen molar-refractivity contribution < 1.29 is 13.2 Å². The summed E-state index contributed by atoms with van der Waals surface area (Å²) in [6, 6.07) is 0.409. The summed E-state index contributed by atoms with van der Waals surface area (Å²) < 4.78 is 39.3. The van der Waals surface area contributed by atoms with Crippen LogP contribution in [0.25, 0.3) is 0 Å². The number of hydrogen-bond acceptors (Lipinski definition) is 7. The Labute approximate surface area is 157 Å². The molecule has 7 nitrogen and oxygen atoms in total. The Kier molecular flexibility index (Phi) is 5.75. The molecule has 3 rings (SSSR count). The number of allylic oxidation sites excluding steroid dienone is 1. The topological polar surface area (TPSA) is 68.4 Å². The van der Waals surface area contributed by atoms with Crippen LogP contribution in [0, 0.1) is 0 Å². The van der Waals surface area contributed by atoms with Crippen molar-refractivity contribution >= 4 is 11.8 Å². The normalized spacial score (nSPS) is 19.7. The number of rotatable bonds is 5. The number of aromatic nitrogens is 2. The second kappa shape index (κ2) is 7.89. The van der Waals surface area contributed by atoms with Gasteiger partial charge in [0.1, 0.15) is 11.4 Å². The van der Waals surface area contributed by atoms with E-state index in [1.165, 1.54) is 0 Å². The van der Waals surface area contributed by atoms with Gasteiger partial charge < -0.3 is 20.5 Å². The maximum Gasteiger partial charge on any atom is 0.421 e. The number of hydrogen-bond donors (Lipinski definition) is 3. The van der Waals surface area contributed by atoms with Gasteiger partial charge in [0.15, 0.2) is 0 Å². The highest BCUT2D eigenvalue weighted by Gasteiger charge is 2.35. The molecule has 2 aliphatic heterocycles. The van der Waals surface area contributed by atoms with Crippen molar-refractivity contribution in [3.05, 3.63) is 23.2 Å². The molecule has 0 aliphatic carbocycles. The molecule has 0 saturated carbocycles. The van der Waals surface area contributed by atoms with Crippen LogP contribution in [-0.4, -0.2) is 59.1 Å². The van der Waals surface area contributed by atoms with Gasteiger partial charge in [0.05, 0.1) is 12.2 Å². The second-order valence-electron chi connectivity index (χ2n) is 6.91. The van der Waals surface area contributed by atoms with Crippen molar-refractivity contribution in [3.8, 4) is 0 Å². The number of likely N-dealkylation sites (tertiary alicyclic amines) is 1. The quantitative estimate of drug-likeness (QED) is 0.720. The van der Waals surface area contributed by atoms with E-state index >= 15 is 0 Å². The molecule has 0 radical (unpaired) electrons. The van der Waals surface area contributed by atoms with E-state index in [2.05, 4.69) is 43.0 Å². The number of nitrogens with zero attached hydrogens (tertiary/aromatic N) is 4. The minimum absolute atomic E-state index is 0.153. The van der Waals surface area contributed by atoms with Crippen molar-refractivity contribution in [2.75, 3.05) is 43.9 Å². The number of piperidine rings is 1. The zero-order valence-electron chi connectivity index (χ0n) is 15.8. The van der Waals surface area contributed by atoms with Gasteiger partial charge in [-0.3, -0.25) is 0 Å². The van der Waals surface area contributed by atoms with Crippen LogP contribution < -0.4 is 16.1 Å². The van der Waals surface area contributed by atoms with Crippen molar-refractivity contribution in [2.24, 2.45) is 0 Å². The van der Waals surface area contributed by atoms with Crippen LogP contribution in [0.2, 0.25) is 0 Å². The third-order valence-corrected chi connectivity index (χ3v) is 4.98. The van der Waals surface area contributed by atoms with Crippen LogP contribution in [0.1, 0.15) is 32.3 Å². The third-order valence-electron chi connectivity index (χ3n) is 4.98. The van der Waals surface area contributed by atoms with E-state index in [4.69, 9.17) is 0 Å². The van der Waals surface area contributed by atoms with Gasteiger partial charge in [-0.15, -0.1) is 0 Å². The Morgan fingerprint density at radius 3 is 2.63 bits per heavy atom. The fraction of sp³-hybridized carbons (Fsp3) is 0.647. The molecular formula is C17H26F3N7. The average Bonchev–Trinajstić information content (AvgIpc) is 2.96. The molecule has 3 N–H and O–H groups in total. The maximum atomic E-state index is 13.1. The Bertz CT molecular complexity index is 696. The van der Waals surface area contributed by atoms with Crippen molar-refractivity contribution in [2.45, 2.75) is 38.9 Å². The van der Waals surface area contributed by atoms with Crippen molar-refractivity contribution in [1.82, 2.24) is 25.3 Å². The van der Waals surface area contributed by atoms with E-state index in [1.54, 1.807) is 6.92 Å². The summed E-state index contributed by atoms with van der Waals surface area (Å²) >= 11 is 0. The van der Waals surface area contributed by atoms with Gasteiger partial charge in [-0.2, -0.15) is 18.2 Å². The van der Waals surface area contributed by atoms with Gasteiger partial charge in [0, 0.05) is 24.5 Å². The van der Waals surface area contributed by atoms with Gasteiger partial charge in [0.2, 0.25) is 5.95 Å². The summed E-state index contributed by atoms with van der Waals surface area (Å²) in [4.78, 5) is 10.2. The largest absolute Gasteiger partial charge is 0.421 e. The molecule has 1 fully saturated rings. The van der Waals surface area contributed by atoms with Gasteiger partial charge in [-0.1, -0.05) is 0 Å². The highest BCUT2D eigenvalue weighted by molar-refractivity contribution is 5.50. The molecule has 0 spiro atoms. The lowest BCUT2D eigenvalue weighted by Crippen LogP contribution is -2.46. The number of halogens is 3. The average molecular weight is 385 g/mol. The first-order chi connectivity index (χ1) is 12.8. The molecule has 2 aliphatic rings. The first kappa shape index (κ1) is 19.7. The van der Waals surface area contributed by atoms with E-state index in [-0.39, 0.29) is 11.8 Å². The van der Waals surface area contributed by atoms with Gasteiger partial charge in [-0.25, -0.2) is 10.4 Å². The predicted octanol–water partition coefficient (Wildman–Crippen LogP) is 2.49. The minimum Gasteiger partial charge on any atom is -0.370 e. The Morgan fingerprint density at radius 1 is 1.30 bits per heavy atom. The van der Waals surface area contributed by atoms with Gasteiger partial charge in [0.25, 0.3) is 0 Å². The molecular weight excluding hydrogens is 359 g/mol. The smallest absolute Gasteiger partial charge is 0.370 e. The summed E-state index contributed by atoms with van der Waals surface area (Å²) in [5, 5.41) is 7.90. The number of alkyl halides is 3. The molecule has 0 aromatic carbocycles. The molecule has 0 bridgehead atoms. The fourth-order valence-corrected chi connectivity index (χ4v) is 3.43. The summed E-state index contributed by atoms with van der Waals surface area (Å²) in [6.07, 6.45) is -1.55. The van der Waals surface area contributed by atoms with Crippen LogP contribution in [0.15, 0.2) is 17.6 Å². The van der Waals surface area contributed by atoms with Gasteiger partial charge >= 0.3 is 6.18 Å². The first-order valence-electron chi connectivity index (χ1n) is 9.15. The van der Waals surface area contributed by atoms with Crippen LogP contribution >= 0.6 is 0 Å². The van der Waals surface area contributed by atoms with E-state index in [0.29, 0.717) is 19.1 Å². The summed E-state index contributed by atoms with van der Waals surface area (Å²) in [7, 11) is 2.12. The SMILES string of the molecule is CCNc1nc(NC2=C(C)N(C3CCN(C)CC3)NC2)ncc1C(F)(F)F. The molecule has 0 unspecified atom stereocenters.